The lowest BCUT2D eigenvalue weighted by atomic mass is 10.2. The molecule has 0 heterocycles. The highest BCUT2D eigenvalue weighted by molar-refractivity contribution is 7.80. The molecule has 0 saturated heterocycles. The summed E-state index contributed by atoms with van der Waals surface area (Å²) < 4.78 is 39.2. The molecule has 0 spiro atoms. The van der Waals surface area contributed by atoms with Crippen molar-refractivity contribution in [2.75, 3.05) is 0 Å². The molecular formula is C10H8F3NOS. The van der Waals surface area contributed by atoms with Crippen molar-refractivity contribution in [3.05, 3.63) is 35.9 Å². The number of rotatable bonds is 3. The van der Waals surface area contributed by atoms with Crippen LogP contribution < -0.4 is 10.5 Å². The third-order valence-corrected chi connectivity index (χ3v) is 1.69. The van der Waals surface area contributed by atoms with Gasteiger partial charge in [0, 0.05) is 0 Å². The van der Waals surface area contributed by atoms with Crippen LogP contribution in [0.3, 0.4) is 0 Å². The van der Waals surface area contributed by atoms with Gasteiger partial charge in [-0.3, -0.25) is 0 Å². The molecule has 0 fully saturated rings. The quantitative estimate of drug-likeness (QED) is 0.659. The lowest BCUT2D eigenvalue weighted by molar-refractivity contribution is -0.274. The van der Waals surface area contributed by atoms with E-state index in [1.54, 1.807) is 6.08 Å². The third kappa shape index (κ3) is 4.79. The van der Waals surface area contributed by atoms with Crippen molar-refractivity contribution in [2.45, 2.75) is 6.36 Å². The fourth-order valence-corrected chi connectivity index (χ4v) is 1.03. The number of thiocarbonyl (C=S) groups is 1. The molecule has 0 amide bonds. The first kappa shape index (κ1) is 12.5. The Morgan fingerprint density at radius 3 is 2.25 bits per heavy atom. The number of benzene rings is 1. The van der Waals surface area contributed by atoms with Crippen LogP contribution in [0, 0.1) is 0 Å². The van der Waals surface area contributed by atoms with Crippen LogP contribution in [-0.4, -0.2) is 11.4 Å². The van der Waals surface area contributed by atoms with Crippen LogP contribution in [0.4, 0.5) is 13.2 Å². The average Bonchev–Trinajstić information content (AvgIpc) is 2.14. The number of hydrogen-bond acceptors (Lipinski definition) is 2. The fraction of sp³-hybridized carbons (Fsp3) is 0.100. The van der Waals surface area contributed by atoms with Gasteiger partial charge in [-0.15, -0.1) is 13.2 Å². The van der Waals surface area contributed by atoms with Crippen LogP contribution in [0.5, 0.6) is 5.75 Å². The van der Waals surface area contributed by atoms with Crippen molar-refractivity contribution in [1.82, 2.24) is 0 Å². The van der Waals surface area contributed by atoms with Gasteiger partial charge in [0.1, 0.15) is 5.75 Å². The van der Waals surface area contributed by atoms with E-state index >= 15 is 0 Å². The topological polar surface area (TPSA) is 35.2 Å². The Kier molecular flexibility index (Phi) is 3.89. The number of ether oxygens (including phenoxy) is 1. The Morgan fingerprint density at radius 2 is 1.81 bits per heavy atom. The Bertz CT molecular complexity index is 398. The van der Waals surface area contributed by atoms with E-state index in [4.69, 9.17) is 5.73 Å². The molecule has 1 aromatic rings. The van der Waals surface area contributed by atoms with E-state index < -0.39 is 6.36 Å². The molecule has 86 valence electrons. The molecule has 0 radical (unpaired) electrons. The second-order valence-corrected chi connectivity index (χ2v) is 3.32. The first-order valence-electron chi connectivity index (χ1n) is 4.20. The van der Waals surface area contributed by atoms with E-state index in [0.717, 1.165) is 0 Å². The molecule has 1 rings (SSSR count). The van der Waals surface area contributed by atoms with E-state index in [1.165, 1.54) is 30.3 Å². The number of alkyl halides is 3. The molecule has 6 heteroatoms. The standard InChI is InChI=1S/C10H8F3NOS/c11-10(12,13)15-8-4-1-7(2-5-8)3-6-9(14)16/h1-6H,(H2,14,16). The summed E-state index contributed by atoms with van der Waals surface area (Å²) in [6.07, 6.45) is -1.59. The molecule has 0 aliphatic carbocycles. The van der Waals surface area contributed by atoms with Gasteiger partial charge in [-0.2, -0.15) is 0 Å². The van der Waals surface area contributed by atoms with Crippen LogP contribution >= 0.6 is 12.2 Å². The molecule has 0 saturated carbocycles. The highest BCUT2D eigenvalue weighted by Crippen LogP contribution is 2.22. The van der Waals surface area contributed by atoms with Gasteiger partial charge in [0.2, 0.25) is 0 Å². The lowest BCUT2D eigenvalue weighted by Crippen LogP contribution is -2.16. The number of nitrogens with two attached hydrogens (primary N) is 1. The highest BCUT2D eigenvalue weighted by atomic mass is 32.1. The third-order valence-electron chi connectivity index (χ3n) is 1.55. The summed E-state index contributed by atoms with van der Waals surface area (Å²) >= 11 is 4.61. The van der Waals surface area contributed by atoms with Crippen LogP contribution in [0.25, 0.3) is 6.08 Å². The van der Waals surface area contributed by atoms with Gasteiger partial charge >= 0.3 is 6.36 Å². The van der Waals surface area contributed by atoms with E-state index in [0.29, 0.717) is 5.56 Å². The van der Waals surface area contributed by atoms with Crippen LogP contribution in [0.1, 0.15) is 5.56 Å². The molecule has 0 aliphatic rings. The van der Waals surface area contributed by atoms with Crippen LogP contribution in [0.2, 0.25) is 0 Å². The number of halogens is 3. The van der Waals surface area contributed by atoms with Crippen LogP contribution in [0.15, 0.2) is 30.3 Å². The van der Waals surface area contributed by atoms with Crippen molar-refractivity contribution in [2.24, 2.45) is 5.73 Å². The van der Waals surface area contributed by atoms with Crippen LogP contribution in [-0.2, 0) is 0 Å². The van der Waals surface area contributed by atoms with Gasteiger partial charge < -0.3 is 10.5 Å². The lowest BCUT2D eigenvalue weighted by Gasteiger charge is -2.08. The summed E-state index contributed by atoms with van der Waals surface area (Å²) in [7, 11) is 0. The summed E-state index contributed by atoms with van der Waals surface area (Å²) in [4.78, 5) is 0.204. The Balaban J connectivity index is 2.72. The molecule has 1 aromatic carbocycles. The van der Waals surface area contributed by atoms with E-state index in [9.17, 15) is 13.2 Å². The zero-order valence-corrected chi connectivity index (χ0v) is 8.81. The molecule has 16 heavy (non-hydrogen) atoms. The predicted octanol–water partition coefficient (Wildman–Crippen LogP) is 2.88. The van der Waals surface area contributed by atoms with Gasteiger partial charge in [0.25, 0.3) is 0 Å². The fourth-order valence-electron chi connectivity index (χ4n) is 0.959. The Morgan fingerprint density at radius 1 is 1.25 bits per heavy atom. The first-order valence-corrected chi connectivity index (χ1v) is 4.61. The molecule has 0 atom stereocenters. The molecule has 0 bridgehead atoms. The maximum Gasteiger partial charge on any atom is 0.573 e. The maximum absolute atomic E-state index is 11.8. The van der Waals surface area contributed by atoms with Gasteiger partial charge in [-0.05, 0) is 23.8 Å². The first-order chi connectivity index (χ1) is 7.37. The smallest absolute Gasteiger partial charge is 0.406 e. The maximum atomic E-state index is 11.8. The van der Waals surface area contributed by atoms with Crippen molar-refractivity contribution in [3.8, 4) is 5.75 Å². The van der Waals surface area contributed by atoms with Crippen molar-refractivity contribution in [3.63, 3.8) is 0 Å². The second kappa shape index (κ2) is 4.98. The van der Waals surface area contributed by atoms with Gasteiger partial charge in [-0.25, -0.2) is 0 Å². The highest BCUT2D eigenvalue weighted by Gasteiger charge is 2.30. The molecule has 2 N–H and O–H groups in total. The molecule has 0 aromatic heterocycles. The van der Waals surface area contributed by atoms with E-state index in [2.05, 4.69) is 17.0 Å². The molecule has 0 unspecified atom stereocenters. The zero-order valence-electron chi connectivity index (χ0n) is 7.99. The normalized spacial score (nSPS) is 11.7. The average molecular weight is 247 g/mol. The van der Waals surface area contributed by atoms with Crippen molar-refractivity contribution < 1.29 is 17.9 Å². The summed E-state index contributed by atoms with van der Waals surface area (Å²) in [6, 6.07) is 5.37. The molecule has 2 nitrogen and oxygen atoms in total. The van der Waals surface area contributed by atoms with E-state index in [1.807, 2.05) is 0 Å². The summed E-state index contributed by atoms with van der Waals surface area (Å²) in [5, 5.41) is 0. The summed E-state index contributed by atoms with van der Waals surface area (Å²) in [5.74, 6) is -0.264. The minimum atomic E-state index is -4.67. The zero-order chi connectivity index (χ0) is 12.2. The number of hydrogen-bond donors (Lipinski definition) is 1. The van der Waals surface area contributed by atoms with Gasteiger partial charge in [0.05, 0.1) is 4.99 Å². The Hall–Kier alpha value is -1.56. The Labute approximate surface area is 95.5 Å². The monoisotopic (exact) mass is 247 g/mol. The largest absolute Gasteiger partial charge is 0.573 e. The minimum Gasteiger partial charge on any atom is -0.406 e. The van der Waals surface area contributed by atoms with Crippen molar-refractivity contribution >= 4 is 23.3 Å². The minimum absolute atomic E-state index is 0.204. The summed E-state index contributed by atoms with van der Waals surface area (Å²) in [5.41, 5.74) is 5.91. The van der Waals surface area contributed by atoms with Crippen molar-refractivity contribution in [1.29, 1.82) is 0 Å². The second-order valence-electron chi connectivity index (χ2n) is 2.85. The molecular weight excluding hydrogens is 239 g/mol. The van der Waals surface area contributed by atoms with Gasteiger partial charge in [0.15, 0.2) is 0 Å². The molecule has 0 aliphatic heterocycles. The SMILES string of the molecule is NC(=S)C=Cc1ccc(OC(F)(F)F)cc1. The van der Waals surface area contributed by atoms with E-state index in [-0.39, 0.29) is 10.7 Å². The van der Waals surface area contributed by atoms with Gasteiger partial charge in [-0.1, -0.05) is 30.4 Å². The summed E-state index contributed by atoms with van der Waals surface area (Å²) in [6.45, 7) is 0. The predicted molar refractivity (Wildman–Crippen MR) is 58.9 cm³/mol.